The summed E-state index contributed by atoms with van der Waals surface area (Å²) in [6, 6.07) is 19.9. The Bertz CT molecular complexity index is 747. The van der Waals surface area contributed by atoms with E-state index in [1.807, 2.05) is 56.3 Å². The van der Waals surface area contributed by atoms with E-state index in [1.54, 1.807) is 13.8 Å². The summed E-state index contributed by atoms with van der Waals surface area (Å²) in [5.74, 6) is -0.163. The molecule has 130 valence electrons. The van der Waals surface area contributed by atoms with Crippen molar-refractivity contribution in [2.75, 3.05) is 5.32 Å². The van der Waals surface area contributed by atoms with E-state index in [1.165, 1.54) is 0 Å². The lowest BCUT2D eigenvalue weighted by molar-refractivity contribution is -0.123. The van der Waals surface area contributed by atoms with E-state index in [-0.39, 0.29) is 11.8 Å². The fraction of sp³-hybridized carbons (Fsp3) is 0.333. The number of nitrogens with zero attached hydrogens (tertiary/aromatic N) is 1. The van der Waals surface area contributed by atoms with E-state index in [0.717, 1.165) is 16.8 Å². The van der Waals surface area contributed by atoms with Gasteiger partial charge >= 0.3 is 0 Å². The summed E-state index contributed by atoms with van der Waals surface area (Å²) >= 11 is 0. The van der Waals surface area contributed by atoms with Gasteiger partial charge in [0, 0.05) is 5.69 Å². The molecule has 0 heterocycles. The number of nitrogens with one attached hydrogen (secondary N) is 2. The number of rotatable bonds is 6. The van der Waals surface area contributed by atoms with E-state index in [9.17, 15) is 10.1 Å². The number of hydrogen-bond acceptors (Lipinski definition) is 3. The van der Waals surface area contributed by atoms with Crippen LogP contribution in [0.5, 0.6) is 0 Å². The van der Waals surface area contributed by atoms with Gasteiger partial charge < -0.3 is 10.6 Å². The molecule has 2 rings (SSSR count). The highest BCUT2D eigenvalue weighted by molar-refractivity contribution is 5.85. The number of anilines is 1. The third-order valence-corrected chi connectivity index (χ3v) is 4.54. The van der Waals surface area contributed by atoms with Crippen molar-refractivity contribution in [3.05, 3.63) is 54.6 Å². The Labute approximate surface area is 149 Å². The molecule has 0 aromatic heterocycles. The van der Waals surface area contributed by atoms with Crippen molar-refractivity contribution in [1.29, 1.82) is 5.26 Å². The zero-order valence-corrected chi connectivity index (χ0v) is 15.2. The average Bonchev–Trinajstić information content (AvgIpc) is 2.62. The highest BCUT2D eigenvalue weighted by Gasteiger charge is 2.31. The van der Waals surface area contributed by atoms with E-state index >= 15 is 0 Å². The van der Waals surface area contributed by atoms with Gasteiger partial charge in [-0.1, -0.05) is 56.3 Å². The predicted octanol–water partition coefficient (Wildman–Crippen LogP) is 4.21. The summed E-state index contributed by atoms with van der Waals surface area (Å²) < 4.78 is 0. The van der Waals surface area contributed by atoms with Crippen molar-refractivity contribution in [2.45, 2.75) is 39.3 Å². The molecule has 0 aliphatic heterocycles. The van der Waals surface area contributed by atoms with Gasteiger partial charge in [-0.05, 0) is 43.0 Å². The van der Waals surface area contributed by atoms with Crippen molar-refractivity contribution in [1.82, 2.24) is 5.32 Å². The fourth-order valence-electron chi connectivity index (χ4n) is 2.37. The number of amides is 1. The predicted molar refractivity (Wildman–Crippen MR) is 102 cm³/mol. The summed E-state index contributed by atoms with van der Waals surface area (Å²) in [5, 5.41) is 15.4. The lowest BCUT2D eigenvalue weighted by Gasteiger charge is -2.29. The van der Waals surface area contributed by atoms with Crippen molar-refractivity contribution < 1.29 is 4.79 Å². The molecule has 2 atom stereocenters. The Balaban J connectivity index is 2.02. The first-order chi connectivity index (χ1) is 11.9. The minimum atomic E-state index is -0.871. The lowest BCUT2D eigenvalue weighted by Crippen LogP contribution is -2.52. The second-order valence-corrected chi connectivity index (χ2v) is 6.77. The van der Waals surface area contributed by atoms with Crippen LogP contribution in [0.1, 0.15) is 27.7 Å². The van der Waals surface area contributed by atoms with Crippen LogP contribution in [0.4, 0.5) is 5.69 Å². The number of benzene rings is 2. The average molecular weight is 335 g/mol. The first-order valence-electron chi connectivity index (χ1n) is 8.51. The van der Waals surface area contributed by atoms with Crippen LogP contribution in [0.2, 0.25) is 0 Å². The quantitative estimate of drug-likeness (QED) is 0.831. The Morgan fingerprint density at radius 2 is 1.56 bits per heavy atom. The van der Waals surface area contributed by atoms with Gasteiger partial charge in [0.15, 0.2) is 0 Å². The zero-order chi connectivity index (χ0) is 18.4. The van der Waals surface area contributed by atoms with Crippen LogP contribution >= 0.6 is 0 Å². The molecule has 0 aliphatic carbocycles. The van der Waals surface area contributed by atoms with Gasteiger partial charge in [0.05, 0.1) is 6.07 Å². The Morgan fingerprint density at radius 3 is 2.08 bits per heavy atom. The van der Waals surface area contributed by atoms with Crippen LogP contribution in [0, 0.1) is 17.2 Å². The minimum Gasteiger partial charge on any atom is -0.374 e. The molecule has 25 heavy (non-hydrogen) atoms. The largest absolute Gasteiger partial charge is 0.374 e. The van der Waals surface area contributed by atoms with Crippen molar-refractivity contribution in [3.63, 3.8) is 0 Å². The maximum atomic E-state index is 12.4. The van der Waals surface area contributed by atoms with Crippen molar-refractivity contribution >= 4 is 11.6 Å². The maximum absolute atomic E-state index is 12.4. The molecule has 2 aromatic carbocycles. The molecular weight excluding hydrogens is 310 g/mol. The molecule has 2 aromatic rings. The van der Waals surface area contributed by atoms with Gasteiger partial charge in [-0.3, -0.25) is 4.79 Å². The molecule has 0 unspecified atom stereocenters. The third kappa shape index (κ3) is 4.60. The second kappa shape index (κ2) is 7.85. The second-order valence-electron chi connectivity index (χ2n) is 6.77. The van der Waals surface area contributed by atoms with Crippen LogP contribution in [0.3, 0.4) is 0 Å². The number of carbonyl (C=O) groups is 1. The summed E-state index contributed by atoms with van der Waals surface area (Å²) in [4.78, 5) is 12.4. The molecule has 4 heteroatoms. The van der Waals surface area contributed by atoms with Crippen LogP contribution in [-0.2, 0) is 4.79 Å². The van der Waals surface area contributed by atoms with E-state index < -0.39 is 11.6 Å². The van der Waals surface area contributed by atoms with Gasteiger partial charge in [-0.25, -0.2) is 0 Å². The molecule has 0 bridgehead atoms. The topological polar surface area (TPSA) is 64.9 Å². The molecule has 0 radical (unpaired) electrons. The van der Waals surface area contributed by atoms with E-state index in [4.69, 9.17) is 0 Å². The van der Waals surface area contributed by atoms with Crippen molar-refractivity contribution in [3.8, 4) is 17.2 Å². The molecule has 4 nitrogen and oxygen atoms in total. The standard InChI is InChI=1S/C21H25N3O/c1-15(2)21(4,14-22)24-20(25)16(3)23-19-12-10-18(11-13-19)17-8-6-5-7-9-17/h5-13,15-16,23H,1-4H3,(H,24,25)/t16-,21-/m0/s1. The number of nitriles is 1. The maximum Gasteiger partial charge on any atom is 0.243 e. The van der Waals surface area contributed by atoms with Crippen LogP contribution in [0.15, 0.2) is 54.6 Å². The van der Waals surface area contributed by atoms with Gasteiger partial charge in [0.1, 0.15) is 11.6 Å². The summed E-state index contributed by atoms with van der Waals surface area (Å²) in [6.45, 7) is 7.38. The Kier molecular flexibility index (Phi) is 5.82. The first-order valence-corrected chi connectivity index (χ1v) is 8.51. The van der Waals surface area contributed by atoms with Crippen LogP contribution in [-0.4, -0.2) is 17.5 Å². The first kappa shape index (κ1) is 18.5. The van der Waals surface area contributed by atoms with Crippen molar-refractivity contribution in [2.24, 2.45) is 5.92 Å². The molecule has 0 saturated heterocycles. The van der Waals surface area contributed by atoms with Gasteiger partial charge in [0.25, 0.3) is 0 Å². The molecule has 2 N–H and O–H groups in total. The van der Waals surface area contributed by atoms with E-state index in [2.05, 4.69) is 28.8 Å². The van der Waals surface area contributed by atoms with E-state index in [0.29, 0.717) is 0 Å². The highest BCUT2D eigenvalue weighted by Crippen LogP contribution is 2.21. The smallest absolute Gasteiger partial charge is 0.243 e. The molecule has 0 saturated carbocycles. The van der Waals surface area contributed by atoms with Gasteiger partial charge in [-0.15, -0.1) is 0 Å². The number of carbonyl (C=O) groups excluding carboxylic acids is 1. The Hall–Kier alpha value is -2.80. The minimum absolute atomic E-state index is 0.0267. The lowest BCUT2D eigenvalue weighted by atomic mass is 9.90. The van der Waals surface area contributed by atoms with Gasteiger partial charge in [-0.2, -0.15) is 5.26 Å². The fourth-order valence-corrected chi connectivity index (χ4v) is 2.37. The van der Waals surface area contributed by atoms with Gasteiger partial charge in [0.2, 0.25) is 5.91 Å². The molecular formula is C21H25N3O. The zero-order valence-electron chi connectivity index (χ0n) is 15.2. The molecule has 0 fully saturated rings. The SMILES string of the molecule is CC(C)[C@](C)(C#N)NC(=O)[C@H](C)Nc1ccc(-c2ccccc2)cc1. The molecule has 0 spiro atoms. The summed E-state index contributed by atoms with van der Waals surface area (Å²) in [6.07, 6.45) is 0. The number of hydrogen-bond donors (Lipinski definition) is 2. The monoisotopic (exact) mass is 335 g/mol. The highest BCUT2D eigenvalue weighted by atomic mass is 16.2. The normalized spacial score (nSPS) is 14.2. The summed E-state index contributed by atoms with van der Waals surface area (Å²) in [7, 11) is 0. The molecule has 1 amide bonds. The Morgan fingerprint density at radius 1 is 1.00 bits per heavy atom. The summed E-state index contributed by atoms with van der Waals surface area (Å²) in [5.41, 5.74) is 2.27. The van der Waals surface area contributed by atoms with Crippen LogP contribution in [0.25, 0.3) is 11.1 Å². The van der Waals surface area contributed by atoms with Crippen LogP contribution < -0.4 is 10.6 Å². The molecule has 0 aliphatic rings. The third-order valence-electron chi connectivity index (χ3n) is 4.54.